The van der Waals surface area contributed by atoms with Crippen LogP contribution in [0.4, 0.5) is 0 Å². The highest BCUT2D eigenvalue weighted by Crippen LogP contribution is 2.20. The van der Waals surface area contributed by atoms with Gasteiger partial charge in [-0.25, -0.2) is 14.2 Å². The van der Waals surface area contributed by atoms with E-state index in [2.05, 4.69) is 31.0 Å². The number of piperidine rings is 1. The molecule has 10 nitrogen and oxygen atoms in total. The minimum atomic E-state index is -0.266. The van der Waals surface area contributed by atoms with Crippen molar-refractivity contribution in [3.8, 4) is 0 Å². The minimum Gasteiger partial charge on any atom is -0.346 e. The highest BCUT2D eigenvalue weighted by atomic mass is 35.5. The van der Waals surface area contributed by atoms with E-state index in [1.165, 1.54) is 6.07 Å². The fraction of sp³-hybridized carbons (Fsp3) is 0.500. The van der Waals surface area contributed by atoms with Gasteiger partial charge in [0.1, 0.15) is 0 Å². The molecule has 3 N–H and O–H groups in total. The van der Waals surface area contributed by atoms with Gasteiger partial charge < -0.3 is 10.6 Å². The number of halogens is 2. The maximum Gasteiger partial charge on any atom is 0.274 e. The highest BCUT2D eigenvalue weighted by Gasteiger charge is 2.23. The van der Waals surface area contributed by atoms with Crippen LogP contribution in [0.5, 0.6) is 0 Å². The average molecular weight is 457 g/mol. The number of aromatic amines is 1. The van der Waals surface area contributed by atoms with Crippen molar-refractivity contribution in [1.29, 1.82) is 0 Å². The van der Waals surface area contributed by atoms with Crippen molar-refractivity contribution in [2.45, 2.75) is 46.2 Å². The number of rotatable bonds is 4. The number of hydrogen-bond acceptors (Lipinski definition) is 6. The normalized spacial score (nSPS) is 14.2. The number of aryl methyl sites for hydroxylation is 2. The van der Waals surface area contributed by atoms with E-state index in [-0.39, 0.29) is 42.3 Å². The summed E-state index contributed by atoms with van der Waals surface area (Å²) in [5, 5.41) is 17.3. The van der Waals surface area contributed by atoms with Crippen molar-refractivity contribution in [1.82, 2.24) is 40.2 Å². The Morgan fingerprint density at radius 2 is 1.90 bits per heavy atom. The summed E-state index contributed by atoms with van der Waals surface area (Å²) in [6, 6.07) is 1.72. The molecule has 164 valence electrons. The number of nitrogens with one attached hydrogen (secondary N) is 3. The third-order valence-electron chi connectivity index (χ3n) is 5.43. The van der Waals surface area contributed by atoms with Crippen molar-refractivity contribution < 1.29 is 4.79 Å². The van der Waals surface area contributed by atoms with Gasteiger partial charge in [-0.2, -0.15) is 0 Å². The largest absolute Gasteiger partial charge is 0.346 e. The Hall–Kier alpha value is -2.43. The SMILES string of the molecule is Cc1nc2cc(=O)[nH]n2c(C)c1CNC(=O)c1nnn(C2CCNCC2)c1C.Cl.Cl. The first kappa shape index (κ1) is 23.8. The Bertz CT molecular complexity index is 1100. The molecular formula is C18H26Cl2N8O2. The fourth-order valence-corrected chi connectivity index (χ4v) is 3.81. The molecule has 3 aromatic rings. The van der Waals surface area contributed by atoms with E-state index in [0.717, 1.165) is 48.6 Å². The molecule has 4 rings (SSSR count). The summed E-state index contributed by atoms with van der Waals surface area (Å²) in [4.78, 5) is 28.7. The lowest BCUT2D eigenvalue weighted by Gasteiger charge is -2.23. The number of carbonyl (C=O) groups is 1. The number of amides is 1. The lowest BCUT2D eigenvalue weighted by molar-refractivity contribution is 0.0945. The van der Waals surface area contributed by atoms with Crippen LogP contribution in [0, 0.1) is 20.8 Å². The van der Waals surface area contributed by atoms with Crippen molar-refractivity contribution in [2.24, 2.45) is 0 Å². The summed E-state index contributed by atoms with van der Waals surface area (Å²) in [6.07, 6.45) is 1.95. The van der Waals surface area contributed by atoms with E-state index in [1.807, 2.05) is 25.5 Å². The molecule has 12 heteroatoms. The molecule has 1 aliphatic heterocycles. The quantitative estimate of drug-likeness (QED) is 0.542. The predicted molar refractivity (Wildman–Crippen MR) is 117 cm³/mol. The Morgan fingerprint density at radius 1 is 1.20 bits per heavy atom. The second-order valence-corrected chi connectivity index (χ2v) is 7.21. The minimum absolute atomic E-state index is 0. The lowest BCUT2D eigenvalue weighted by atomic mass is 10.1. The van der Waals surface area contributed by atoms with Crippen LogP contribution < -0.4 is 16.2 Å². The number of H-pyrrole nitrogens is 1. The third kappa shape index (κ3) is 4.35. The molecule has 4 heterocycles. The standard InChI is InChI=1S/C18H24N8O2.2ClH/c1-10-14(11(2)26-15(21-10)8-16(27)23-26)9-20-18(28)17-12(3)25(24-22-17)13-4-6-19-7-5-13;;/h8,13,19H,4-7,9H2,1-3H3,(H,20,28)(H,23,27);2*1H. The van der Waals surface area contributed by atoms with E-state index >= 15 is 0 Å². The van der Waals surface area contributed by atoms with Gasteiger partial charge in [-0.15, -0.1) is 29.9 Å². The smallest absolute Gasteiger partial charge is 0.274 e. The van der Waals surface area contributed by atoms with Crippen LogP contribution in [0.15, 0.2) is 10.9 Å². The first-order valence-corrected chi connectivity index (χ1v) is 9.44. The molecule has 1 saturated heterocycles. The maximum atomic E-state index is 12.7. The number of carbonyl (C=O) groups excluding carboxylic acids is 1. The van der Waals surface area contributed by atoms with E-state index in [4.69, 9.17) is 0 Å². The molecule has 1 amide bonds. The summed E-state index contributed by atoms with van der Waals surface area (Å²) >= 11 is 0. The van der Waals surface area contributed by atoms with Crippen molar-refractivity contribution in [3.05, 3.63) is 44.8 Å². The van der Waals surface area contributed by atoms with Crippen LogP contribution in [-0.4, -0.2) is 48.6 Å². The van der Waals surface area contributed by atoms with Crippen molar-refractivity contribution in [2.75, 3.05) is 13.1 Å². The topological polar surface area (TPSA) is 122 Å². The van der Waals surface area contributed by atoms with Gasteiger partial charge in [-0.1, -0.05) is 5.21 Å². The molecule has 0 radical (unpaired) electrons. The number of nitrogens with zero attached hydrogens (tertiary/aromatic N) is 5. The van der Waals surface area contributed by atoms with Crippen LogP contribution in [0.3, 0.4) is 0 Å². The molecular weight excluding hydrogens is 431 g/mol. The first-order valence-electron chi connectivity index (χ1n) is 9.44. The molecule has 1 fully saturated rings. The lowest BCUT2D eigenvalue weighted by Crippen LogP contribution is -2.30. The Balaban J connectivity index is 0.00000160. The zero-order valence-electron chi connectivity index (χ0n) is 17.1. The van der Waals surface area contributed by atoms with Crippen molar-refractivity contribution >= 4 is 36.4 Å². The van der Waals surface area contributed by atoms with Crippen molar-refractivity contribution in [3.63, 3.8) is 0 Å². The van der Waals surface area contributed by atoms with E-state index in [1.54, 1.807) is 4.52 Å². The van der Waals surface area contributed by atoms with Gasteiger partial charge in [0.25, 0.3) is 11.5 Å². The molecule has 0 aliphatic carbocycles. The Kier molecular flexibility index (Phi) is 7.62. The summed E-state index contributed by atoms with van der Waals surface area (Å²) < 4.78 is 3.50. The van der Waals surface area contributed by atoms with Gasteiger partial charge in [0.15, 0.2) is 11.3 Å². The molecule has 0 atom stereocenters. The van der Waals surface area contributed by atoms with Gasteiger partial charge in [-0.05, 0) is 46.7 Å². The molecule has 0 aromatic carbocycles. The average Bonchev–Trinajstić information content (AvgIpc) is 3.24. The molecule has 30 heavy (non-hydrogen) atoms. The van der Waals surface area contributed by atoms with Gasteiger partial charge in [-0.3, -0.25) is 14.7 Å². The monoisotopic (exact) mass is 456 g/mol. The fourth-order valence-electron chi connectivity index (χ4n) is 3.81. The third-order valence-corrected chi connectivity index (χ3v) is 5.43. The first-order chi connectivity index (χ1) is 13.5. The van der Waals surface area contributed by atoms with Gasteiger partial charge >= 0.3 is 0 Å². The van der Waals surface area contributed by atoms with E-state index < -0.39 is 0 Å². The zero-order valence-corrected chi connectivity index (χ0v) is 18.7. The molecule has 1 aliphatic rings. The van der Waals surface area contributed by atoms with Gasteiger partial charge in [0.05, 0.1) is 11.7 Å². The second kappa shape index (κ2) is 9.59. The Labute approximate surface area is 185 Å². The summed E-state index contributed by atoms with van der Waals surface area (Å²) in [6.45, 7) is 7.81. The molecule has 0 spiro atoms. The summed E-state index contributed by atoms with van der Waals surface area (Å²) in [7, 11) is 0. The second-order valence-electron chi connectivity index (χ2n) is 7.21. The van der Waals surface area contributed by atoms with Gasteiger partial charge in [0.2, 0.25) is 0 Å². The van der Waals surface area contributed by atoms with Crippen LogP contribution in [0.25, 0.3) is 5.65 Å². The van der Waals surface area contributed by atoms with Gasteiger partial charge in [0, 0.05) is 29.6 Å². The Morgan fingerprint density at radius 3 is 2.60 bits per heavy atom. The number of aromatic nitrogens is 6. The summed E-state index contributed by atoms with van der Waals surface area (Å²) in [5.41, 5.74) is 3.94. The van der Waals surface area contributed by atoms with Crippen LogP contribution in [0.1, 0.15) is 52.0 Å². The molecule has 0 unspecified atom stereocenters. The van der Waals surface area contributed by atoms with Crippen LogP contribution in [0.2, 0.25) is 0 Å². The molecule has 0 bridgehead atoms. The molecule has 3 aromatic heterocycles. The zero-order chi connectivity index (χ0) is 19.8. The number of hydrogen-bond donors (Lipinski definition) is 3. The summed E-state index contributed by atoms with van der Waals surface area (Å²) in [5.74, 6) is -0.266. The highest BCUT2D eigenvalue weighted by molar-refractivity contribution is 5.93. The predicted octanol–water partition coefficient (Wildman–Crippen LogP) is 1.24. The number of fused-ring (bicyclic) bond motifs is 1. The van der Waals surface area contributed by atoms with Crippen LogP contribution in [-0.2, 0) is 6.54 Å². The van der Waals surface area contributed by atoms with Crippen LogP contribution >= 0.6 is 24.8 Å². The molecule has 0 saturated carbocycles. The van der Waals surface area contributed by atoms with E-state index in [0.29, 0.717) is 17.9 Å². The maximum absolute atomic E-state index is 12.7. The van der Waals surface area contributed by atoms with E-state index in [9.17, 15) is 9.59 Å².